The number of hydrogen-bond donors (Lipinski definition) is 1. The molecule has 1 saturated heterocycles. The molecule has 2 aliphatic carbocycles. The number of ether oxygens (including phenoxy) is 1. The molecule has 86 valence electrons. The molecule has 2 saturated carbocycles. The molecule has 0 amide bonds. The van der Waals surface area contributed by atoms with E-state index >= 15 is 0 Å². The van der Waals surface area contributed by atoms with Gasteiger partial charge in [0.05, 0.1) is 5.92 Å². The molecule has 0 aromatic rings. The standard InChI is InChI=1S/C12H14O4/c1-5(11(13)14)2-7-6-3-8-9(4-6)12(15)16-10(7)8/h6-10H,1-4H2,(H,13,14). The van der Waals surface area contributed by atoms with Crippen molar-refractivity contribution in [1.29, 1.82) is 0 Å². The van der Waals surface area contributed by atoms with Crippen molar-refractivity contribution in [2.75, 3.05) is 0 Å². The first-order chi connectivity index (χ1) is 7.58. The van der Waals surface area contributed by atoms with Crippen molar-refractivity contribution in [1.82, 2.24) is 0 Å². The predicted molar refractivity (Wildman–Crippen MR) is 54.5 cm³/mol. The lowest BCUT2D eigenvalue weighted by Crippen LogP contribution is -2.27. The fourth-order valence-electron chi connectivity index (χ4n) is 3.73. The molecule has 4 nitrogen and oxygen atoms in total. The summed E-state index contributed by atoms with van der Waals surface area (Å²) >= 11 is 0. The molecule has 0 spiro atoms. The minimum atomic E-state index is -0.941. The third kappa shape index (κ3) is 1.16. The Hall–Kier alpha value is -1.32. The molecule has 1 N–H and O–H groups in total. The highest BCUT2D eigenvalue weighted by Crippen LogP contribution is 2.58. The summed E-state index contributed by atoms with van der Waals surface area (Å²) < 4.78 is 5.36. The van der Waals surface area contributed by atoms with Crippen LogP contribution in [-0.2, 0) is 14.3 Å². The maximum Gasteiger partial charge on any atom is 0.330 e. The van der Waals surface area contributed by atoms with Crippen LogP contribution in [0.15, 0.2) is 12.2 Å². The first kappa shape index (κ1) is 9.87. The molecule has 0 radical (unpaired) electrons. The number of carbonyl (C=O) groups is 2. The third-order valence-electron chi connectivity index (χ3n) is 4.44. The fraction of sp³-hybridized carbons (Fsp3) is 0.667. The van der Waals surface area contributed by atoms with Gasteiger partial charge in [0.25, 0.3) is 0 Å². The van der Waals surface area contributed by atoms with Crippen LogP contribution in [0.3, 0.4) is 0 Å². The summed E-state index contributed by atoms with van der Waals surface area (Å²) in [5.74, 6) is 0.0943. The Labute approximate surface area is 93.3 Å². The minimum Gasteiger partial charge on any atom is -0.478 e. The van der Waals surface area contributed by atoms with Crippen LogP contribution in [0.25, 0.3) is 0 Å². The highest BCUT2D eigenvalue weighted by atomic mass is 16.6. The van der Waals surface area contributed by atoms with Crippen LogP contribution in [-0.4, -0.2) is 23.1 Å². The van der Waals surface area contributed by atoms with Gasteiger partial charge in [-0.1, -0.05) is 6.58 Å². The summed E-state index contributed by atoms with van der Waals surface area (Å²) in [4.78, 5) is 22.3. The van der Waals surface area contributed by atoms with Crippen LogP contribution in [0.1, 0.15) is 19.3 Å². The van der Waals surface area contributed by atoms with Gasteiger partial charge in [-0.2, -0.15) is 0 Å². The van der Waals surface area contributed by atoms with Gasteiger partial charge < -0.3 is 9.84 Å². The third-order valence-corrected chi connectivity index (χ3v) is 4.44. The molecule has 5 atom stereocenters. The van der Waals surface area contributed by atoms with Crippen molar-refractivity contribution in [3.05, 3.63) is 12.2 Å². The summed E-state index contributed by atoms with van der Waals surface area (Å²) in [5.41, 5.74) is 0.233. The molecule has 0 aromatic heterocycles. The first-order valence-corrected chi connectivity index (χ1v) is 5.69. The lowest BCUT2D eigenvalue weighted by molar-refractivity contribution is -0.144. The fourth-order valence-corrected chi connectivity index (χ4v) is 3.73. The van der Waals surface area contributed by atoms with Gasteiger partial charge in [-0.15, -0.1) is 0 Å². The molecule has 2 bridgehead atoms. The lowest BCUT2D eigenvalue weighted by Gasteiger charge is -2.25. The van der Waals surface area contributed by atoms with Gasteiger partial charge in [-0.05, 0) is 25.2 Å². The second-order valence-corrected chi connectivity index (χ2v) is 5.18. The molecule has 3 aliphatic rings. The van der Waals surface area contributed by atoms with Crippen molar-refractivity contribution in [3.63, 3.8) is 0 Å². The molecule has 16 heavy (non-hydrogen) atoms. The second-order valence-electron chi connectivity index (χ2n) is 5.18. The SMILES string of the molecule is C=C(CC1C2CC3C(=O)OC1C3C2)C(=O)O. The summed E-state index contributed by atoms with van der Waals surface area (Å²) in [6.45, 7) is 3.56. The Morgan fingerprint density at radius 2 is 2.25 bits per heavy atom. The molecule has 5 unspecified atom stereocenters. The average molecular weight is 222 g/mol. The van der Waals surface area contributed by atoms with Crippen molar-refractivity contribution in [2.45, 2.75) is 25.4 Å². The van der Waals surface area contributed by atoms with E-state index in [0.29, 0.717) is 18.3 Å². The Balaban J connectivity index is 1.77. The van der Waals surface area contributed by atoms with Crippen LogP contribution in [0.2, 0.25) is 0 Å². The number of aliphatic carboxylic acids is 1. The van der Waals surface area contributed by atoms with E-state index in [0.717, 1.165) is 12.8 Å². The lowest BCUT2D eigenvalue weighted by atomic mass is 9.79. The number of carboxylic acid groups (broad SMARTS) is 1. The van der Waals surface area contributed by atoms with E-state index in [1.165, 1.54) is 0 Å². The van der Waals surface area contributed by atoms with Crippen molar-refractivity contribution < 1.29 is 19.4 Å². The molecule has 4 heteroatoms. The summed E-state index contributed by atoms with van der Waals surface area (Å²) in [6.07, 6.45) is 2.34. The highest BCUT2D eigenvalue weighted by Gasteiger charge is 2.61. The van der Waals surface area contributed by atoms with Gasteiger partial charge in [0.15, 0.2) is 0 Å². The van der Waals surface area contributed by atoms with Crippen molar-refractivity contribution in [2.24, 2.45) is 23.7 Å². The first-order valence-electron chi connectivity index (χ1n) is 5.69. The predicted octanol–water partition coefficient (Wildman–Crippen LogP) is 1.21. The second kappa shape index (κ2) is 3.09. The van der Waals surface area contributed by atoms with E-state index in [2.05, 4.69) is 6.58 Å². The number of carbonyl (C=O) groups excluding carboxylic acids is 1. The Morgan fingerprint density at radius 3 is 2.94 bits per heavy atom. The summed E-state index contributed by atoms with van der Waals surface area (Å²) in [5, 5.41) is 8.83. The maximum absolute atomic E-state index is 11.5. The van der Waals surface area contributed by atoms with E-state index < -0.39 is 5.97 Å². The Morgan fingerprint density at radius 1 is 1.50 bits per heavy atom. The van der Waals surface area contributed by atoms with Gasteiger partial charge in [0.2, 0.25) is 0 Å². The molecule has 3 rings (SSSR count). The molecule has 0 aromatic carbocycles. The largest absolute Gasteiger partial charge is 0.478 e. The van der Waals surface area contributed by atoms with Crippen molar-refractivity contribution in [3.8, 4) is 0 Å². The van der Waals surface area contributed by atoms with Gasteiger partial charge in [-0.3, -0.25) is 4.79 Å². The number of rotatable bonds is 3. The van der Waals surface area contributed by atoms with Gasteiger partial charge in [0, 0.05) is 17.4 Å². The summed E-state index contributed by atoms with van der Waals surface area (Å²) in [7, 11) is 0. The molecular formula is C12H14O4. The van der Waals surface area contributed by atoms with Gasteiger partial charge >= 0.3 is 11.9 Å². The molecule has 1 heterocycles. The molecule has 1 aliphatic heterocycles. The topological polar surface area (TPSA) is 63.6 Å². The van der Waals surface area contributed by atoms with Gasteiger partial charge in [0.1, 0.15) is 6.10 Å². The zero-order valence-corrected chi connectivity index (χ0v) is 8.89. The smallest absolute Gasteiger partial charge is 0.330 e. The minimum absolute atomic E-state index is 0.0349. The zero-order chi connectivity index (χ0) is 11.4. The Bertz CT molecular complexity index is 386. The van der Waals surface area contributed by atoms with Crippen molar-refractivity contribution >= 4 is 11.9 Å². The van der Waals surface area contributed by atoms with Crippen LogP contribution in [0.4, 0.5) is 0 Å². The molecule has 3 fully saturated rings. The maximum atomic E-state index is 11.5. The van der Waals surface area contributed by atoms with E-state index in [9.17, 15) is 9.59 Å². The number of esters is 1. The quantitative estimate of drug-likeness (QED) is 0.576. The number of carboxylic acids is 1. The van der Waals surface area contributed by atoms with E-state index in [-0.39, 0.29) is 29.5 Å². The highest BCUT2D eigenvalue weighted by molar-refractivity contribution is 5.85. The van der Waals surface area contributed by atoms with Gasteiger partial charge in [-0.25, -0.2) is 4.79 Å². The zero-order valence-electron chi connectivity index (χ0n) is 8.89. The number of fused-ring (bicyclic) bond motifs is 1. The van der Waals surface area contributed by atoms with Crippen LogP contribution in [0, 0.1) is 23.7 Å². The van der Waals surface area contributed by atoms with Crippen LogP contribution in [0.5, 0.6) is 0 Å². The molecular weight excluding hydrogens is 208 g/mol. The van der Waals surface area contributed by atoms with E-state index in [1.807, 2.05) is 0 Å². The summed E-state index contributed by atoms with van der Waals surface area (Å²) in [6, 6.07) is 0. The van der Waals surface area contributed by atoms with Crippen LogP contribution < -0.4 is 0 Å². The monoisotopic (exact) mass is 222 g/mol. The normalized spacial score (nSPS) is 43.5. The Kier molecular flexibility index (Phi) is 1.91. The average Bonchev–Trinajstić information content (AvgIpc) is 2.81. The van der Waals surface area contributed by atoms with E-state index in [4.69, 9.17) is 9.84 Å². The van der Waals surface area contributed by atoms with E-state index in [1.54, 1.807) is 0 Å². The van der Waals surface area contributed by atoms with Crippen LogP contribution >= 0.6 is 0 Å². The number of hydrogen-bond acceptors (Lipinski definition) is 3.